The number of rotatable bonds is 9. The highest BCUT2D eigenvalue weighted by atomic mass is 79.9. The summed E-state index contributed by atoms with van der Waals surface area (Å²) in [6.45, 7) is 13.6. The predicted octanol–water partition coefficient (Wildman–Crippen LogP) is 6.60. The lowest BCUT2D eigenvalue weighted by Gasteiger charge is -2.29. The fraction of sp³-hybridized carbons (Fsp3) is 0.667. The van der Waals surface area contributed by atoms with E-state index in [-0.39, 0.29) is 11.7 Å². The fourth-order valence-electron chi connectivity index (χ4n) is 3.69. The van der Waals surface area contributed by atoms with E-state index in [1.807, 2.05) is 31.9 Å². The first-order chi connectivity index (χ1) is 14.4. The van der Waals surface area contributed by atoms with Crippen LogP contribution in [-0.2, 0) is 18.2 Å². The third kappa shape index (κ3) is 7.63. The number of nitrogens with zero attached hydrogens (tertiary/aromatic N) is 2. The summed E-state index contributed by atoms with van der Waals surface area (Å²) in [7, 11) is 1.78. The number of carbonyl (C=O) groups excluding carboxylic acids is 1. The van der Waals surface area contributed by atoms with Gasteiger partial charge in [0.15, 0.2) is 0 Å². The largest absolute Gasteiger partial charge is 0.444 e. The Balaban J connectivity index is 2.01. The normalized spacial score (nSPS) is 13.1. The van der Waals surface area contributed by atoms with E-state index in [1.54, 1.807) is 23.0 Å². The molecule has 0 aromatic carbocycles. The topological polar surface area (TPSA) is 51.5 Å². The second-order valence-electron chi connectivity index (χ2n) is 9.79. The van der Waals surface area contributed by atoms with Gasteiger partial charge in [0.1, 0.15) is 5.60 Å². The van der Waals surface area contributed by atoms with Crippen molar-refractivity contribution in [3.63, 3.8) is 0 Å². The SMILES string of the molecule is CCC(CCCN(CC(C)C)C(=O)OC(C)(C)C)Cc1cc2c(=O)n(C)cc(Br)c2s1. The Hall–Kier alpha value is -1.34. The van der Waals surface area contributed by atoms with Crippen LogP contribution in [0.15, 0.2) is 21.5 Å². The number of halogens is 1. The molecule has 1 unspecified atom stereocenters. The van der Waals surface area contributed by atoms with Gasteiger partial charge < -0.3 is 14.2 Å². The molecule has 0 bridgehead atoms. The quantitative estimate of drug-likeness (QED) is 0.379. The number of hydrogen-bond acceptors (Lipinski definition) is 4. The first-order valence-electron chi connectivity index (χ1n) is 11.2. The summed E-state index contributed by atoms with van der Waals surface area (Å²) in [6.07, 6.45) is 5.63. The van der Waals surface area contributed by atoms with Crippen molar-refractivity contribution in [3.8, 4) is 0 Å². The Morgan fingerprint density at radius 2 is 2.00 bits per heavy atom. The number of carbonyl (C=O) groups is 1. The summed E-state index contributed by atoms with van der Waals surface area (Å²) in [6, 6.07) is 2.06. The second kappa shape index (κ2) is 11.0. The number of fused-ring (bicyclic) bond motifs is 1. The Morgan fingerprint density at radius 3 is 2.58 bits per heavy atom. The lowest BCUT2D eigenvalue weighted by Crippen LogP contribution is -2.39. The number of thiophene rings is 1. The number of ether oxygens (including phenoxy) is 1. The minimum atomic E-state index is -0.481. The lowest BCUT2D eigenvalue weighted by molar-refractivity contribution is 0.0223. The average molecular weight is 514 g/mol. The van der Waals surface area contributed by atoms with Crippen LogP contribution in [0.25, 0.3) is 10.1 Å². The predicted molar refractivity (Wildman–Crippen MR) is 134 cm³/mol. The molecule has 0 aliphatic carbocycles. The number of amides is 1. The van der Waals surface area contributed by atoms with Crippen molar-refractivity contribution in [1.82, 2.24) is 9.47 Å². The molecule has 0 aliphatic rings. The summed E-state index contributed by atoms with van der Waals surface area (Å²) in [5.41, 5.74) is -0.430. The van der Waals surface area contributed by atoms with Crippen molar-refractivity contribution >= 4 is 43.4 Å². The van der Waals surface area contributed by atoms with Gasteiger partial charge in [0.25, 0.3) is 5.56 Å². The van der Waals surface area contributed by atoms with Crippen LogP contribution in [0.2, 0.25) is 0 Å². The molecule has 0 saturated carbocycles. The highest BCUT2D eigenvalue weighted by Gasteiger charge is 2.23. The van der Waals surface area contributed by atoms with E-state index in [4.69, 9.17) is 4.74 Å². The van der Waals surface area contributed by atoms with E-state index in [2.05, 4.69) is 42.8 Å². The Morgan fingerprint density at radius 1 is 1.32 bits per heavy atom. The monoisotopic (exact) mass is 512 g/mol. The highest BCUT2D eigenvalue weighted by Crippen LogP contribution is 2.32. The van der Waals surface area contributed by atoms with Crippen LogP contribution in [0.4, 0.5) is 4.79 Å². The van der Waals surface area contributed by atoms with Crippen molar-refractivity contribution in [3.05, 3.63) is 32.0 Å². The number of aryl methyl sites for hydroxylation is 1. The molecule has 31 heavy (non-hydrogen) atoms. The van der Waals surface area contributed by atoms with Crippen molar-refractivity contribution < 1.29 is 9.53 Å². The molecule has 2 aromatic heterocycles. The summed E-state index contributed by atoms with van der Waals surface area (Å²) in [5.74, 6) is 0.921. The lowest BCUT2D eigenvalue weighted by atomic mass is 9.95. The summed E-state index contributed by atoms with van der Waals surface area (Å²) >= 11 is 5.30. The van der Waals surface area contributed by atoms with E-state index in [0.717, 1.165) is 40.2 Å². The molecule has 0 fully saturated rings. The highest BCUT2D eigenvalue weighted by molar-refractivity contribution is 9.10. The molecular formula is C24H37BrN2O3S. The van der Waals surface area contributed by atoms with Gasteiger partial charge in [-0.2, -0.15) is 0 Å². The molecule has 2 heterocycles. The van der Waals surface area contributed by atoms with Crippen LogP contribution < -0.4 is 5.56 Å². The number of aromatic nitrogens is 1. The average Bonchev–Trinajstić information content (AvgIpc) is 3.07. The minimum absolute atomic E-state index is 0.0513. The first-order valence-corrected chi connectivity index (χ1v) is 12.8. The standard InChI is InChI=1S/C24H37BrN2O3S/c1-8-17(10-9-11-27(14-16(2)3)23(29)30-24(4,5)6)12-18-13-19-21(31-18)20(25)15-26(7)22(19)28/h13,15-17H,8-12,14H2,1-7H3. The Kier molecular flexibility index (Phi) is 9.19. The zero-order valence-electron chi connectivity index (χ0n) is 20.0. The summed E-state index contributed by atoms with van der Waals surface area (Å²) < 4.78 is 9.22. The molecular weight excluding hydrogens is 476 g/mol. The molecule has 1 amide bonds. The Labute approximate surface area is 198 Å². The smallest absolute Gasteiger partial charge is 0.410 e. The van der Waals surface area contributed by atoms with Crippen LogP contribution in [0.3, 0.4) is 0 Å². The third-order valence-corrected chi connectivity index (χ3v) is 7.26. The van der Waals surface area contributed by atoms with E-state index >= 15 is 0 Å². The van der Waals surface area contributed by atoms with Gasteiger partial charge in [0, 0.05) is 31.2 Å². The minimum Gasteiger partial charge on any atom is -0.444 e. The molecule has 0 aliphatic heterocycles. The zero-order chi connectivity index (χ0) is 23.3. The second-order valence-corrected chi connectivity index (χ2v) is 11.8. The molecule has 0 saturated heterocycles. The summed E-state index contributed by atoms with van der Waals surface area (Å²) in [4.78, 5) is 28.1. The first kappa shape index (κ1) is 25.9. The van der Waals surface area contributed by atoms with Crippen LogP contribution in [0.1, 0.15) is 65.7 Å². The van der Waals surface area contributed by atoms with Gasteiger partial charge in [-0.3, -0.25) is 4.79 Å². The van der Waals surface area contributed by atoms with Crippen LogP contribution in [-0.4, -0.2) is 34.3 Å². The maximum Gasteiger partial charge on any atom is 0.410 e. The van der Waals surface area contributed by atoms with Gasteiger partial charge in [0.2, 0.25) is 0 Å². The van der Waals surface area contributed by atoms with Crippen molar-refractivity contribution in [2.75, 3.05) is 13.1 Å². The van der Waals surface area contributed by atoms with E-state index in [0.29, 0.717) is 24.9 Å². The summed E-state index contributed by atoms with van der Waals surface area (Å²) in [5, 5.41) is 0.791. The van der Waals surface area contributed by atoms with E-state index < -0.39 is 5.60 Å². The molecule has 5 nitrogen and oxygen atoms in total. The van der Waals surface area contributed by atoms with Crippen LogP contribution >= 0.6 is 27.3 Å². The van der Waals surface area contributed by atoms with Gasteiger partial charge >= 0.3 is 6.09 Å². The molecule has 174 valence electrons. The van der Waals surface area contributed by atoms with Crippen molar-refractivity contribution in [2.24, 2.45) is 18.9 Å². The fourth-order valence-corrected chi connectivity index (χ4v) is 5.61. The third-order valence-electron chi connectivity index (χ3n) is 5.20. The zero-order valence-corrected chi connectivity index (χ0v) is 22.4. The number of pyridine rings is 1. The number of hydrogen-bond donors (Lipinski definition) is 0. The van der Waals surface area contributed by atoms with Crippen molar-refractivity contribution in [1.29, 1.82) is 0 Å². The molecule has 7 heteroatoms. The molecule has 0 N–H and O–H groups in total. The van der Waals surface area contributed by atoms with E-state index in [1.165, 1.54) is 4.88 Å². The molecule has 2 aromatic rings. The van der Waals surface area contributed by atoms with Crippen molar-refractivity contribution in [2.45, 2.75) is 72.8 Å². The van der Waals surface area contributed by atoms with Gasteiger partial charge in [-0.05, 0) is 73.9 Å². The molecule has 0 spiro atoms. The molecule has 1 atom stereocenters. The molecule has 0 radical (unpaired) electrons. The van der Waals surface area contributed by atoms with E-state index in [9.17, 15) is 9.59 Å². The van der Waals surface area contributed by atoms with Crippen LogP contribution in [0, 0.1) is 11.8 Å². The maximum atomic E-state index is 12.6. The molecule has 2 rings (SSSR count). The van der Waals surface area contributed by atoms with Gasteiger partial charge in [0.05, 0.1) is 14.6 Å². The van der Waals surface area contributed by atoms with Crippen LogP contribution in [0.5, 0.6) is 0 Å². The maximum absolute atomic E-state index is 12.6. The van der Waals surface area contributed by atoms with Gasteiger partial charge in [-0.25, -0.2) is 4.79 Å². The Bertz CT molecular complexity index is 943. The van der Waals surface area contributed by atoms with Gasteiger partial charge in [-0.1, -0.05) is 27.2 Å². The van der Waals surface area contributed by atoms with Gasteiger partial charge in [-0.15, -0.1) is 11.3 Å².